The van der Waals surface area contributed by atoms with Gasteiger partial charge in [0, 0.05) is 29.7 Å². The average Bonchev–Trinajstić information content (AvgIpc) is 2.86. The summed E-state index contributed by atoms with van der Waals surface area (Å²) in [4.78, 5) is 26.7. The van der Waals surface area contributed by atoms with Crippen molar-refractivity contribution in [2.24, 2.45) is 0 Å². The zero-order valence-electron chi connectivity index (χ0n) is 20.2. The Morgan fingerprint density at radius 2 is 1.62 bits per heavy atom. The smallest absolute Gasteiger partial charge is 0.416 e. The Bertz CT molecular complexity index is 1250. The van der Waals surface area contributed by atoms with Crippen LogP contribution < -0.4 is 5.32 Å². The average molecular weight is 553 g/mol. The molecule has 37 heavy (non-hydrogen) atoms. The highest BCUT2D eigenvalue weighted by Gasteiger charge is 2.30. The largest absolute Gasteiger partial charge is 0.469 e. The predicted octanol–water partition coefficient (Wildman–Crippen LogP) is 7.13. The van der Waals surface area contributed by atoms with E-state index in [-0.39, 0.29) is 25.5 Å². The van der Waals surface area contributed by atoms with Gasteiger partial charge in [0.25, 0.3) is 0 Å². The fraction of sp³-hybridized carbons (Fsp3) is 0.259. The van der Waals surface area contributed by atoms with E-state index in [0.29, 0.717) is 38.8 Å². The summed E-state index contributed by atoms with van der Waals surface area (Å²) in [6.45, 7) is 2.49. The number of rotatable bonds is 8. The maximum Gasteiger partial charge on any atom is 0.416 e. The molecule has 0 heterocycles. The molecule has 196 valence electrons. The van der Waals surface area contributed by atoms with Gasteiger partial charge in [-0.25, -0.2) is 4.79 Å². The van der Waals surface area contributed by atoms with Crippen molar-refractivity contribution in [1.82, 2.24) is 10.2 Å². The Balaban J connectivity index is 1.96. The van der Waals surface area contributed by atoms with Gasteiger partial charge in [0.2, 0.25) is 0 Å². The molecule has 0 aliphatic heterocycles. The van der Waals surface area contributed by atoms with Crippen LogP contribution in [0.15, 0.2) is 60.7 Å². The van der Waals surface area contributed by atoms with Crippen LogP contribution in [0.5, 0.6) is 0 Å². The van der Waals surface area contributed by atoms with E-state index in [4.69, 9.17) is 27.9 Å². The van der Waals surface area contributed by atoms with Gasteiger partial charge in [0.15, 0.2) is 0 Å². The summed E-state index contributed by atoms with van der Waals surface area (Å²) in [5, 5.41) is 3.74. The second kappa shape index (κ2) is 12.3. The molecule has 0 bridgehead atoms. The van der Waals surface area contributed by atoms with Gasteiger partial charge in [-0.2, -0.15) is 13.2 Å². The molecule has 10 heteroatoms. The zero-order chi connectivity index (χ0) is 27.2. The van der Waals surface area contributed by atoms with E-state index in [0.717, 1.165) is 17.7 Å². The third-order valence-electron chi connectivity index (χ3n) is 5.77. The lowest BCUT2D eigenvalue weighted by molar-refractivity contribution is -0.140. The Kier molecular flexibility index (Phi) is 9.45. The number of methoxy groups -OCH3 is 1. The minimum atomic E-state index is -4.48. The molecular formula is C27H25Cl2F3N2O3. The van der Waals surface area contributed by atoms with E-state index in [1.165, 1.54) is 24.1 Å². The van der Waals surface area contributed by atoms with Crippen molar-refractivity contribution in [3.8, 4) is 11.1 Å². The number of amides is 2. The number of nitrogens with zero attached hydrogens (tertiary/aromatic N) is 1. The molecule has 0 saturated heterocycles. The van der Waals surface area contributed by atoms with Crippen molar-refractivity contribution < 1.29 is 27.5 Å². The molecule has 0 atom stereocenters. The van der Waals surface area contributed by atoms with Gasteiger partial charge in [-0.1, -0.05) is 47.5 Å². The van der Waals surface area contributed by atoms with Crippen molar-refractivity contribution in [2.75, 3.05) is 13.7 Å². The molecule has 3 aromatic carbocycles. The molecule has 0 aliphatic carbocycles. The molecule has 3 aromatic rings. The SMILES string of the molecule is CCN(Cc1c(CC(=O)OC)cc(Cl)cc1-c1ccc(C(F)(F)F)cc1)C(=O)NCc1ccc(Cl)cc1. The van der Waals surface area contributed by atoms with E-state index >= 15 is 0 Å². The molecule has 0 saturated carbocycles. The minimum absolute atomic E-state index is 0.0861. The number of esters is 1. The molecule has 1 N–H and O–H groups in total. The van der Waals surface area contributed by atoms with Crippen LogP contribution in [-0.4, -0.2) is 30.6 Å². The molecule has 0 radical (unpaired) electrons. The molecule has 3 rings (SSSR count). The number of carbonyl (C=O) groups excluding carboxylic acids is 2. The lowest BCUT2D eigenvalue weighted by atomic mass is 9.92. The standard InChI is InChI=1S/C27H25Cl2F3N2O3/c1-3-34(26(36)33-15-17-4-10-21(28)11-5-17)16-24-19(13-25(35)37-2)12-22(29)14-23(24)18-6-8-20(9-7-18)27(30,31)32/h4-12,14H,3,13,15-16H2,1-2H3,(H,33,36). The summed E-state index contributed by atoms with van der Waals surface area (Å²) in [5.41, 5.74) is 2.15. The highest BCUT2D eigenvalue weighted by atomic mass is 35.5. The highest BCUT2D eigenvalue weighted by Crippen LogP contribution is 2.35. The number of carbonyl (C=O) groups is 2. The molecule has 0 spiro atoms. The van der Waals surface area contributed by atoms with Crippen LogP contribution in [-0.2, 0) is 35.2 Å². The van der Waals surface area contributed by atoms with Crippen LogP contribution in [0.3, 0.4) is 0 Å². The van der Waals surface area contributed by atoms with Gasteiger partial charge >= 0.3 is 18.2 Å². The quantitative estimate of drug-likeness (QED) is 0.302. The number of benzene rings is 3. The van der Waals surface area contributed by atoms with Crippen LogP contribution in [0.1, 0.15) is 29.2 Å². The highest BCUT2D eigenvalue weighted by molar-refractivity contribution is 6.31. The second-order valence-corrected chi connectivity index (χ2v) is 9.09. The lowest BCUT2D eigenvalue weighted by Crippen LogP contribution is -2.39. The summed E-state index contributed by atoms with van der Waals surface area (Å²) in [6, 6.07) is 14.6. The first-order chi connectivity index (χ1) is 17.5. The molecule has 5 nitrogen and oxygen atoms in total. The summed E-state index contributed by atoms with van der Waals surface area (Å²) >= 11 is 12.2. The number of hydrogen-bond acceptors (Lipinski definition) is 3. The first-order valence-electron chi connectivity index (χ1n) is 11.3. The maximum absolute atomic E-state index is 13.1. The number of hydrogen-bond donors (Lipinski definition) is 1. The monoisotopic (exact) mass is 552 g/mol. The van der Waals surface area contributed by atoms with Gasteiger partial charge in [-0.15, -0.1) is 0 Å². The molecule has 0 aromatic heterocycles. The Morgan fingerprint density at radius 1 is 0.973 bits per heavy atom. The first-order valence-corrected chi connectivity index (χ1v) is 12.1. The van der Waals surface area contributed by atoms with Crippen LogP contribution in [0, 0.1) is 0 Å². The number of nitrogens with one attached hydrogen (secondary N) is 1. The van der Waals surface area contributed by atoms with Crippen molar-refractivity contribution in [3.05, 3.63) is 93.0 Å². The van der Waals surface area contributed by atoms with Gasteiger partial charge in [0.1, 0.15) is 0 Å². The lowest BCUT2D eigenvalue weighted by Gasteiger charge is -2.25. The minimum Gasteiger partial charge on any atom is -0.469 e. The Hall–Kier alpha value is -3.23. The predicted molar refractivity (Wildman–Crippen MR) is 137 cm³/mol. The van der Waals surface area contributed by atoms with E-state index in [1.54, 1.807) is 43.3 Å². The fourth-order valence-electron chi connectivity index (χ4n) is 3.77. The summed E-state index contributed by atoms with van der Waals surface area (Å²) in [7, 11) is 1.26. The van der Waals surface area contributed by atoms with Crippen molar-refractivity contribution in [1.29, 1.82) is 0 Å². The van der Waals surface area contributed by atoms with Gasteiger partial charge in [-0.05, 0) is 71.1 Å². The van der Waals surface area contributed by atoms with Gasteiger partial charge in [0.05, 0.1) is 19.1 Å². The normalized spacial score (nSPS) is 11.2. The van der Waals surface area contributed by atoms with Crippen molar-refractivity contribution in [3.63, 3.8) is 0 Å². The van der Waals surface area contributed by atoms with Crippen molar-refractivity contribution >= 4 is 35.2 Å². The molecule has 2 amide bonds. The first kappa shape index (κ1) is 28.3. The Morgan fingerprint density at radius 3 is 2.19 bits per heavy atom. The van der Waals surface area contributed by atoms with Gasteiger partial charge < -0.3 is 15.0 Å². The zero-order valence-corrected chi connectivity index (χ0v) is 21.7. The number of halogens is 5. The maximum atomic E-state index is 13.1. The second-order valence-electron chi connectivity index (χ2n) is 8.22. The van der Waals surface area contributed by atoms with Crippen LogP contribution in [0.2, 0.25) is 10.0 Å². The van der Waals surface area contributed by atoms with E-state index in [1.807, 2.05) is 0 Å². The van der Waals surface area contributed by atoms with Crippen LogP contribution in [0.4, 0.5) is 18.0 Å². The van der Waals surface area contributed by atoms with E-state index in [9.17, 15) is 22.8 Å². The number of ether oxygens (including phenoxy) is 1. The third kappa shape index (κ3) is 7.63. The summed E-state index contributed by atoms with van der Waals surface area (Å²) in [6.07, 6.45) is -4.60. The topological polar surface area (TPSA) is 58.6 Å². The van der Waals surface area contributed by atoms with Crippen LogP contribution in [0.25, 0.3) is 11.1 Å². The molecule has 0 unspecified atom stereocenters. The fourth-order valence-corrected chi connectivity index (χ4v) is 4.14. The number of alkyl halides is 3. The van der Waals surface area contributed by atoms with E-state index < -0.39 is 17.7 Å². The number of urea groups is 1. The molecular weight excluding hydrogens is 528 g/mol. The summed E-state index contributed by atoms with van der Waals surface area (Å²) in [5.74, 6) is -0.517. The van der Waals surface area contributed by atoms with Crippen molar-refractivity contribution in [2.45, 2.75) is 32.6 Å². The van der Waals surface area contributed by atoms with E-state index in [2.05, 4.69) is 5.32 Å². The third-order valence-corrected chi connectivity index (χ3v) is 6.24. The molecule has 0 aliphatic rings. The van der Waals surface area contributed by atoms with Gasteiger partial charge in [-0.3, -0.25) is 4.79 Å². The van der Waals surface area contributed by atoms with Crippen LogP contribution >= 0.6 is 23.2 Å². The molecule has 0 fully saturated rings. The Labute approximate surface area is 223 Å². The summed E-state index contributed by atoms with van der Waals surface area (Å²) < 4.78 is 44.1.